The maximum absolute atomic E-state index is 10.1. The fourth-order valence-electron chi connectivity index (χ4n) is 3.72. The summed E-state index contributed by atoms with van der Waals surface area (Å²) < 4.78 is 0. The number of rotatable bonds is 4. The van der Waals surface area contributed by atoms with Gasteiger partial charge < -0.3 is 5.11 Å². The second-order valence-corrected chi connectivity index (χ2v) is 5.76. The summed E-state index contributed by atoms with van der Waals surface area (Å²) in [4.78, 5) is 0. The minimum Gasteiger partial charge on any atom is -0.508 e. The van der Waals surface area contributed by atoms with Gasteiger partial charge in [0.1, 0.15) is 5.76 Å². The topological polar surface area (TPSA) is 20.2 Å². The molecule has 0 saturated heterocycles. The van der Waals surface area contributed by atoms with Crippen molar-refractivity contribution in [2.75, 3.05) is 0 Å². The van der Waals surface area contributed by atoms with Crippen molar-refractivity contribution in [2.45, 2.75) is 39.5 Å². The summed E-state index contributed by atoms with van der Waals surface area (Å²) in [5.41, 5.74) is 4.52. The van der Waals surface area contributed by atoms with Gasteiger partial charge in [-0.3, -0.25) is 0 Å². The molecule has 0 radical (unpaired) electrons. The predicted octanol–water partition coefficient (Wildman–Crippen LogP) is 5.41. The molecule has 1 unspecified atom stereocenters. The highest BCUT2D eigenvalue weighted by Crippen LogP contribution is 2.54. The van der Waals surface area contributed by atoms with E-state index in [-0.39, 0.29) is 11.2 Å². The lowest BCUT2D eigenvalue weighted by molar-refractivity contribution is 0.362. The number of allylic oxidation sites excluding steroid dienone is 4. The summed E-state index contributed by atoms with van der Waals surface area (Å²) in [6.45, 7) is 12.6. The van der Waals surface area contributed by atoms with Crippen LogP contribution in [0.1, 0.15) is 45.2 Å². The summed E-state index contributed by atoms with van der Waals surface area (Å²) in [5.74, 6) is 0.623. The van der Waals surface area contributed by atoms with Crippen molar-refractivity contribution in [3.63, 3.8) is 0 Å². The van der Waals surface area contributed by atoms with Gasteiger partial charge in [0.25, 0.3) is 0 Å². The molecule has 106 valence electrons. The van der Waals surface area contributed by atoms with E-state index < -0.39 is 0 Å². The second kappa shape index (κ2) is 5.32. The molecule has 1 aliphatic rings. The maximum Gasteiger partial charge on any atom is 0.116 e. The Morgan fingerprint density at radius 2 is 2.00 bits per heavy atom. The van der Waals surface area contributed by atoms with E-state index in [0.29, 0.717) is 5.92 Å². The standard InChI is InChI=1S/C19H24O/c1-6-10-17-18(14(5)20)15-11-8-9-12-16(15)19(17,7-2)13(3)4/h6,8-13,20H,5,7H2,1-4H3/b10-6-. The number of hydrogen-bond acceptors (Lipinski definition) is 1. The van der Waals surface area contributed by atoms with Crippen LogP contribution < -0.4 is 0 Å². The molecular formula is C19H24O. The molecule has 20 heavy (non-hydrogen) atoms. The van der Waals surface area contributed by atoms with E-state index in [0.717, 1.165) is 17.6 Å². The molecule has 1 nitrogen and oxygen atoms in total. The van der Waals surface area contributed by atoms with Crippen molar-refractivity contribution < 1.29 is 5.11 Å². The molecule has 0 heterocycles. The van der Waals surface area contributed by atoms with Crippen LogP contribution in [-0.2, 0) is 5.41 Å². The van der Waals surface area contributed by atoms with Crippen molar-refractivity contribution in [1.29, 1.82) is 0 Å². The zero-order valence-electron chi connectivity index (χ0n) is 12.9. The lowest BCUT2D eigenvalue weighted by Crippen LogP contribution is -2.31. The van der Waals surface area contributed by atoms with Crippen molar-refractivity contribution in [1.82, 2.24) is 0 Å². The van der Waals surface area contributed by atoms with Crippen LogP contribution in [0.5, 0.6) is 0 Å². The van der Waals surface area contributed by atoms with Crippen LogP contribution in [0.2, 0.25) is 0 Å². The van der Waals surface area contributed by atoms with Crippen LogP contribution in [0.4, 0.5) is 0 Å². The molecule has 0 spiro atoms. The third-order valence-corrected chi connectivity index (χ3v) is 4.59. The van der Waals surface area contributed by atoms with E-state index in [9.17, 15) is 5.11 Å². The van der Waals surface area contributed by atoms with Gasteiger partial charge in [-0.2, -0.15) is 0 Å². The maximum atomic E-state index is 10.1. The van der Waals surface area contributed by atoms with Gasteiger partial charge >= 0.3 is 0 Å². The highest BCUT2D eigenvalue weighted by Gasteiger charge is 2.45. The van der Waals surface area contributed by atoms with Crippen LogP contribution in [0.3, 0.4) is 0 Å². The van der Waals surface area contributed by atoms with E-state index in [1.807, 2.05) is 13.0 Å². The molecule has 1 heteroatoms. The van der Waals surface area contributed by atoms with Crippen LogP contribution in [-0.4, -0.2) is 5.11 Å². The van der Waals surface area contributed by atoms with E-state index in [1.54, 1.807) is 0 Å². The highest BCUT2D eigenvalue weighted by molar-refractivity contribution is 5.89. The van der Waals surface area contributed by atoms with Crippen molar-refractivity contribution >= 4 is 5.57 Å². The van der Waals surface area contributed by atoms with Gasteiger partial charge in [0, 0.05) is 11.0 Å². The Bertz CT molecular complexity index is 590. The summed E-state index contributed by atoms with van der Waals surface area (Å²) in [6, 6.07) is 8.40. The van der Waals surface area contributed by atoms with Crippen LogP contribution in [0, 0.1) is 5.92 Å². The number of hydrogen-bond donors (Lipinski definition) is 1. The molecule has 0 bridgehead atoms. The smallest absolute Gasteiger partial charge is 0.116 e. The van der Waals surface area contributed by atoms with Crippen molar-refractivity contribution in [3.05, 3.63) is 65.5 Å². The van der Waals surface area contributed by atoms with E-state index >= 15 is 0 Å². The summed E-state index contributed by atoms with van der Waals surface area (Å²) in [7, 11) is 0. The minimum atomic E-state index is -0.0376. The Hall–Kier alpha value is -1.76. The fraction of sp³-hybridized carbons (Fsp3) is 0.368. The van der Waals surface area contributed by atoms with Gasteiger partial charge in [0.2, 0.25) is 0 Å². The Morgan fingerprint density at radius 3 is 2.50 bits per heavy atom. The molecule has 0 fully saturated rings. The molecule has 1 aromatic carbocycles. The molecule has 0 amide bonds. The van der Waals surface area contributed by atoms with Crippen molar-refractivity contribution in [2.24, 2.45) is 5.92 Å². The number of benzene rings is 1. The highest BCUT2D eigenvalue weighted by atomic mass is 16.3. The largest absolute Gasteiger partial charge is 0.508 e. The van der Waals surface area contributed by atoms with Gasteiger partial charge in [-0.15, -0.1) is 0 Å². The summed E-state index contributed by atoms with van der Waals surface area (Å²) >= 11 is 0. The zero-order valence-corrected chi connectivity index (χ0v) is 12.9. The third-order valence-electron chi connectivity index (χ3n) is 4.59. The van der Waals surface area contributed by atoms with Gasteiger partial charge in [-0.05, 0) is 36.0 Å². The van der Waals surface area contributed by atoms with Gasteiger partial charge in [-0.25, -0.2) is 0 Å². The average molecular weight is 268 g/mol. The number of fused-ring (bicyclic) bond motifs is 1. The minimum absolute atomic E-state index is 0.0376. The first-order valence-corrected chi connectivity index (χ1v) is 7.36. The van der Waals surface area contributed by atoms with Gasteiger partial charge in [0.05, 0.1) is 0 Å². The molecule has 2 rings (SSSR count). The summed E-state index contributed by atoms with van der Waals surface area (Å²) in [6.07, 6.45) is 5.20. The van der Waals surface area contributed by atoms with Crippen LogP contribution in [0.25, 0.3) is 5.57 Å². The molecule has 0 aliphatic heterocycles. The lowest BCUT2D eigenvalue weighted by atomic mass is 9.67. The molecule has 0 saturated carbocycles. The average Bonchev–Trinajstić information content (AvgIpc) is 2.69. The Labute approximate surface area is 122 Å². The van der Waals surface area contributed by atoms with E-state index in [2.05, 4.69) is 57.7 Å². The first kappa shape index (κ1) is 14.6. The van der Waals surface area contributed by atoms with Gasteiger partial charge in [-0.1, -0.05) is 63.8 Å². The molecular weight excluding hydrogens is 244 g/mol. The van der Waals surface area contributed by atoms with E-state index in [4.69, 9.17) is 0 Å². The molecule has 1 N–H and O–H groups in total. The lowest BCUT2D eigenvalue weighted by Gasteiger charge is -2.36. The molecule has 1 aromatic rings. The SMILES string of the molecule is C=C(O)C1=C(/C=C\C)C(CC)(C(C)C)c2ccccc21. The second-order valence-electron chi connectivity index (χ2n) is 5.76. The first-order valence-electron chi connectivity index (χ1n) is 7.36. The first-order chi connectivity index (χ1) is 9.50. The molecule has 1 atom stereocenters. The number of aliphatic hydroxyl groups is 1. The monoisotopic (exact) mass is 268 g/mol. The Kier molecular flexibility index (Phi) is 3.89. The fourth-order valence-corrected chi connectivity index (χ4v) is 3.72. The Morgan fingerprint density at radius 1 is 1.35 bits per heavy atom. The quantitative estimate of drug-likeness (QED) is 0.724. The number of aliphatic hydroxyl groups excluding tert-OH is 1. The predicted molar refractivity (Wildman–Crippen MR) is 86.8 cm³/mol. The van der Waals surface area contributed by atoms with Crippen LogP contribution in [0.15, 0.2) is 54.3 Å². The van der Waals surface area contributed by atoms with Crippen molar-refractivity contribution in [3.8, 4) is 0 Å². The third kappa shape index (κ3) is 1.84. The summed E-state index contributed by atoms with van der Waals surface area (Å²) in [5, 5.41) is 10.1. The molecule has 0 aromatic heterocycles. The molecule has 1 aliphatic carbocycles. The van der Waals surface area contributed by atoms with Crippen LogP contribution >= 0.6 is 0 Å². The van der Waals surface area contributed by atoms with Gasteiger partial charge in [0.15, 0.2) is 0 Å². The zero-order chi connectivity index (χ0) is 14.9. The Balaban J connectivity index is 2.88. The normalized spacial score (nSPS) is 21.9. The van der Waals surface area contributed by atoms with E-state index in [1.165, 1.54) is 11.1 Å².